The van der Waals surface area contributed by atoms with E-state index in [1.54, 1.807) is 18.2 Å². The van der Waals surface area contributed by atoms with Crippen molar-refractivity contribution in [2.24, 2.45) is 0 Å². The summed E-state index contributed by atoms with van der Waals surface area (Å²) in [6.07, 6.45) is 7.01. The summed E-state index contributed by atoms with van der Waals surface area (Å²) in [5.41, 5.74) is 3.49. The van der Waals surface area contributed by atoms with Crippen molar-refractivity contribution in [3.63, 3.8) is 0 Å². The number of carbonyl (C=O) groups is 1. The van der Waals surface area contributed by atoms with Crippen molar-refractivity contribution in [3.05, 3.63) is 118 Å². The number of carbonyl (C=O) groups excluding carboxylic acids is 1. The second kappa shape index (κ2) is 11.6. The maximum absolute atomic E-state index is 12.9. The van der Waals surface area contributed by atoms with E-state index in [0.29, 0.717) is 22.5 Å². The lowest BCUT2D eigenvalue weighted by Gasteiger charge is -2.20. The summed E-state index contributed by atoms with van der Waals surface area (Å²) in [5, 5.41) is 1.63. The number of hydrogen-bond acceptors (Lipinski definition) is 4. The van der Waals surface area contributed by atoms with Gasteiger partial charge >= 0.3 is 0 Å². The number of hydrogen-bond donors (Lipinski definition) is 1. The lowest BCUT2D eigenvalue weighted by atomic mass is 10.0. The van der Waals surface area contributed by atoms with Crippen molar-refractivity contribution >= 4 is 44.6 Å². The normalized spacial score (nSPS) is 12.9. The molecule has 1 atom stereocenters. The van der Waals surface area contributed by atoms with Crippen LogP contribution in [-0.2, 0) is 10.0 Å². The Morgan fingerprint density at radius 2 is 1.81 bits per heavy atom. The van der Waals surface area contributed by atoms with Crippen LogP contribution in [0, 0.1) is 6.92 Å². The Morgan fingerprint density at radius 3 is 2.54 bits per heavy atom. The highest BCUT2D eigenvalue weighted by atomic mass is 35.5. The summed E-state index contributed by atoms with van der Waals surface area (Å²) in [6.45, 7) is 3.84. The van der Waals surface area contributed by atoms with E-state index in [2.05, 4.69) is 4.72 Å². The van der Waals surface area contributed by atoms with Gasteiger partial charge in [0, 0.05) is 16.0 Å². The summed E-state index contributed by atoms with van der Waals surface area (Å²) in [4.78, 5) is 17.6. The first-order chi connectivity index (χ1) is 17.8. The Balaban J connectivity index is 1.78. The van der Waals surface area contributed by atoms with Crippen LogP contribution in [0.5, 0.6) is 0 Å². The SMILES string of the molecule is CCCC=CS(=O)(=O)NC(=O)c1ccc2nc(C)n(C(C=Cc3ccccc3)c3ccccc3Cl)c2c1. The van der Waals surface area contributed by atoms with Gasteiger partial charge in [-0.1, -0.05) is 91.7 Å². The number of amides is 1. The molecule has 0 aliphatic heterocycles. The van der Waals surface area contributed by atoms with Crippen LogP contribution in [-0.4, -0.2) is 23.9 Å². The first kappa shape index (κ1) is 26.4. The standard InChI is InChI=1S/C29H28ClN3O3S/c1-3-4-10-19-37(35,36)32-29(34)23-16-17-26-28(20-23)33(21(2)31-26)27(24-13-8-9-14-25(24)30)18-15-22-11-6-5-7-12-22/h5-20,27H,3-4H2,1-2H3,(H,32,34). The number of fused-ring (bicyclic) bond motifs is 1. The quantitative estimate of drug-likeness (QED) is 0.260. The van der Waals surface area contributed by atoms with Gasteiger partial charge in [-0.3, -0.25) is 4.79 Å². The Labute approximate surface area is 222 Å². The van der Waals surface area contributed by atoms with Crippen LogP contribution in [0.2, 0.25) is 5.02 Å². The van der Waals surface area contributed by atoms with Crippen LogP contribution in [0.15, 0.2) is 90.4 Å². The van der Waals surface area contributed by atoms with Crippen molar-refractivity contribution in [1.29, 1.82) is 0 Å². The van der Waals surface area contributed by atoms with E-state index in [9.17, 15) is 13.2 Å². The highest BCUT2D eigenvalue weighted by Crippen LogP contribution is 2.32. The molecule has 0 fully saturated rings. The summed E-state index contributed by atoms with van der Waals surface area (Å²) in [7, 11) is -3.89. The molecule has 0 aliphatic rings. The van der Waals surface area contributed by atoms with Gasteiger partial charge in [0.25, 0.3) is 15.9 Å². The third-order valence-corrected chi connectivity index (χ3v) is 7.23. The molecule has 6 nitrogen and oxygen atoms in total. The fourth-order valence-electron chi connectivity index (χ4n) is 4.10. The number of unbranched alkanes of at least 4 members (excludes halogenated alkanes) is 1. The molecule has 37 heavy (non-hydrogen) atoms. The predicted octanol–water partition coefficient (Wildman–Crippen LogP) is 6.67. The van der Waals surface area contributed by atoms with Crippen LogP contribution in [0.1, 0.15) is 53.1 Å². The van der Waals surface area contributed by atoms with E-state index in [0.717, 1.165) is 28.8 Å². The van der Waals surface area contributed by atoms with Crippen LogP contribution in [0.4, 0.5) is 0 Å². The van der Waals surface area contributed by atoms with E-state index in [1.165, 1.54) is 6.08 Å². The van der Waals surface area contributed by atoms with Crippen LogP contribution in [0.3, 0.4) is 0 Å². The molecule has 0 spiro atoms. The second-order valence-electron chi connectivity index (χ2n) is 8.61. The molecule has 0 aliphatic carbocycles. The summed E-state index contributed by atoms with van der Waals surface area (Å²) in [5.74, 6) is 0.0212. The van der Waals surface area contributed by atoms with Gasteiger partial charge in [-0.2, -0.15) is 0 Å². The van der Waals surface area contributed by atoms with E-state index < -0.39 is 15.9 Å². The molecule has 1 N–H and O–H groups in total. The molecular weight excluding hydrogens is 506 g/mol. The van der Waals surface area contributed by atoms with E-state index >= 15 is 0 Å². The Bertz CT molecular complexity index is 1570. The summed E-state index contributed by atoms with van der Waals surface area (Å²) >= 11 is 6.62. The molecule has 1 amide bonds. The zero-order chi connectivity index (χ0) is 26.4. The van der Waals surface area contributed by atoms with Crippen LogP contribution >= 0.6 is 11.6 Å². The van der Waals surface area contributed by atoms with Gasteiger partial charge < -0.3 is 4.57 Å². The first-order valence-electron chi connectivity index (χ1n) is 12.0. The number of nitrogens with one attached hydrogen (secondary N) is 1. The van der Waals surface area contributed by atoms with Gasteiger partial charge in [-0.15, -0.1) is 0 Å². The summed E-state index contributed by atoms with van der Waals surface area (Å²) < 4.78 is 28.8. The molecule has 1 aromatic heterocycles. The van der Waals surface area contributed by atoms with Gasteiger partial charge in [-0.05, 0) is 48.7 Å². The monoisotopic (exact) mass is 533 g/mol. The van der Waals surface area contributed by atoms with Crippen molar-refractivity contribution in [2.75, 3.05) is 0 Å². The fraction of sp³-hybridized carbons (Fsp3) is 0.172. The molecule has 1 unspecified atom stereocenters. The minimum Gasteiger partial charge on any atom is -0.317 e. The lowest BCUT2D eigenvalue weighted by Crippen LogP contribution is -2.28. The van der Waals surface area contributed by atoms with E-state index in [1.807, 2.05) is 85.2 Å². The molecule has 0 saturated heterocycles. The first-order valence-corrected chi connectivity index (χ1v) is 13.9. The Kier molecular flexibility index (Phi) is 8.26. The van der Waals surface area contributed by atoms with E-state index in [-0.39, 0.29) is 11.6 Å². The zero-order valence-electron chi connectivity index (χ0n) is 20.6. The van der Waals surface area contributed by atoms with Gasteiger partial charge in [-0.25, -0.2) is 18.1 Å². The third kappa shape index (κ3) is 6.37. The molecule has 4 rings (SSSR count). The summed E-state index contributed by atoms with van der Waals surface area (Å²) in [6, 6.07) is 22.2. The minimum atomic E-state index is -3.89. The average molecular weight is 534 g/mol. The number of aryl methyl sites for hydroxylation is 1. The minimum absolute atomic E-state index is 0.214. The topological polar surface area (TPSA) is 81.1 Å². The molecule has 1 heterocycles. The maximum atomic E-state index is 12.9. The molecule has 0 radical (unpaired) electrons. The largest absolute Gasteiger partial charge is 0.317 e. The fourth-order valence-corrected chi connectivity index (χ4v) is 5.18. The molecule has 8 heteroatoms. The van der Waals surface area contributed by atoms with Crippen LogP contribution in [0.25, 0.3) is 17.1 Å². The lowest BCUT2D eigenvalue weighted by molar-refractivity contribution is 0.0982. The van der Waals surface area contributed by atoms with Crippen molar-refractivity contribution in [2.45, 2.75) is 32.7 Å². The molecule has 4 aromatic rings. The number of aromatic nitrogens is 2. The van der Waals surface area contributed by atoms with Crippen LogP contribution < -0.4 is 4.72 Å². The number of rotatable bonds is 9. The Morgan fingerprint density at radius 1 is 1.08 bits per heavy atom. The Hall–Kier alpha value is -3.68. The maximum Gasteiger partial charge on any atom is 0.265 e. The van der Waals surface area contributed by atoms with E-state index in [4.69, 9.17) is 16.6 Å². The number of halogens is 1. The number of sulfonamides is 1. The predicted molar refractivity (Wildman–Crippen MR) is 150 cm³/mol. The molecule has 0 bridgehead atoms. The van der Waals surface area contributed by atoms with Gasteiger partial charge in [0.15, 0.2) is 0 Å². The highest BCUT2D eigenvalue weighted by Gasteiger charge is 2.21. The zero-order valence-corrected chi connectivity index (χ0v) is 22.2. The molecule has 3 aromatic carbocycles. The molecular formula is C29H28ClN3O3S. The van der Waals surface area contributed by atoms with Crippen molar-refractivity contribution < 1.29 is 13.2 Å². The van der Waals surface area contributed by atoms with Crippen molar-refractivity contribution in [1.82, 2.24) is 14.3 Å². The van der Waals surface area contributed by atoms with Gasteiger partial charge in [0.2, 0.25) is 0 Å². The molecule has 0 saturated carbocycles. The third-order valence-electron chi connectivity index (χ3n) is 5.87. The number of benzene rings is 3. The van der Waals surface area contributed by atoms with Crippen molar-refractivity contribution in [3.8, 4) is 0 Å². The average Bonchev–Trinajstić information content (AvgIpc) is 3.20. The van der Waals surface area contributed by atoms with Gasteiger partial charge in [0.1, 0.15) is 5.82 Å². The number of imidazole rings is 1. The highest BCUT2D eigenvalue weighted by molar-refractivity contribution is 7.92. The smallest absolute Gasteiger partial charge is 0.265 e. The number of nitrogens with zero attached hydrogens (tertiary/aromatic N) is 2. The number of allylic oxidation sites excluding steroid dienone is 2. The van der Waals surface area contributed by atoms with Gasteiger partial charge in [0.05, 0.1) is 17.1 Å². The second-order valence-corrected chi connectivity index (χ2v) is 10.6. The molecule has 190 valence electrons.